The number of carbonyl (C=O) groups excluding carboxylic acids is 1. The lowest BCUT2D eigenvalue weighted by atomic mass is 10.1. The molecule has 0 fully saturated rings. The molecule has 0 heterocycles. The van der Waals surface area contributed by atoms with Crippen molar-refractivity contribution in [3.8, 4) is 11.8 Å². The first-order valence-corrected chi connectivity index (χ1v) is 3.98. The molecular weight excluding hydrogens is 162 g/mol. The lowest BCUT2D eigenvalue weighted by molar-refractivity contribution is -0.112. The SMILES string of the molecule is Cc1ccc(C)c(C#CC(N)=O)c1. The van der Waals surface area contributed by atoms with Crippen molar-refractivity contribution < 1.29 is 4.79 Å². The van der Waals surface area contributed by atoms with Gasteiger partial charge in [0.1, 0.15) is 0 Å². The van der Waals surface area contributed by atoms with Gasteiger partial charge in [0, 0.05) is 5.56 Å². The molecule has 1 amide bonds. The Morgan fingerprint density at radius 1 is 1.38 bits per heavy atom. The van der Waals surface area contributed by atoms with E-state index in [0.717, 1.165) is 16.7 Å². The minimum atomic E-state index is -0.596. The fraction of sp³-hybridized carbons (Fsp3) is 0.182. The van der Waals surface area contributed by atoms with E-state index in [-0.39, 0.29) is 0 Å². The summed E-state index contributed by atoms with van der Waals surface area (Å²) in [5.41, 5.74) is 7.96. The van der Waals surface area contributed by atoms with Crippen LogP contribution in [0.3, 0.4) is 0 Å². The standard InChI is InChI=1S/C11H11NO/c1-8-3-4-9(2)10(7-8)5-6-11(12)13/h3-4,7H,1-2H3,(H2,12,13). The van der Waals surface area contributed by atoms with E-state index < -0.39 is 5.91 Å². The Morgan fingerprint density at radius 2 is 2.08 bits per heavy atom. The molecule has 1 aromatic carbocycles. The lowest BCUT2D eigenvalue weighted by Crippen LogP contribution is -2.06. The molecule has 0 spiro atoms. The summed E-state index contributed by atoms with van der Waals surface area (Å²) in [5.74, 6) is 4.45. The molecule has 1 rings (SSSR count). The molecule has 0 saturated carbocycles. The van der Waals surface area contributed by atoms with Crippen LogP contribution in [0.5, 0.6) is 0 Å². The summed E-state index contributed by atoms with van der Waals surface area (Å²) in [4.78, 5) is 10.4. The van der Waals surface area contributed by atoms with Crippen LogP contribution in [0.25, 0.3) is 0 Å². The first kappa shape index (κ1) is 9.34. The van der Waals surface area contributed by atoms with Crippen LogP contribution >= 0.6 is 0 Å². The van der Waals surface area contributed by atoms with Crippen molar-refractivity contribution in [2.24, 2.45) is 5.73 Å². The molecule has 2 heteroatoms. The normalized spacial score (nSPS) is 8.77. The van der Waals surface area contributed by atoms with Crippen LogP contribution in [0, 0.1) is 25.7 Å². The minimum absolute atomic E-state index is 0.596. The molecule has 2 nitrogen and oxygen atoms in total. The van der Waals surface area contributed by atoms with Crippen LogP contribution in [0.4, 0.5) is 0 Å². The zero-order chi connectivity index (χ0) is 9.84. The van der Waals surface area contributed by atoms with Gasteiger partial charge in [-0.05, 0) is 37.0 Å². The molecule has 0 bridgehead atoms. The number of primary amides is 1. The van der Waals surface area contributed by atoms with Crippen molar-refractivity contribution in [3.05, 3.63) is 34.9 Å². The van der Waals surface area contributed by atoms with Crippen molar-refractivity contribution >= 4 is 5.91 Å². The Morgan fingerprint density at radius 3 is 2.69 bits per heavy atom. The van der Waals surface area contributed by atoms with Crippen LogP contribution in [-0.4, -0.2) is 5.91 Å². The van der Waals surface area contributed by atoms with Crippen LogP contribution < -0.4 is 5.73 Å². The summed E-state index contributed by atoms with van der Waals surface area (Å²) >= 11 is 0. The molecule has 0 aliphatic rings. The predicted molar refractivity (Wildman–Crippen MR) is 52.0 cm³/mol. The average molecular weight is 173 g/mol. The minimum Gasteiger partial charge on any atom is -0.359 e. The topological polar surface area (TPSA) is 43.1 Å². The van der Waals surface area contributed by atoms with Crippen LogP contribution in [-0.2, 0) is 4.79 Å². The zero-order valence-electron chi connectivity index (χ0n) is 7.72. The Kier molecular flexibility index (Phi) is 2.71. The highest BCUT2D eigenvalue weighted by Crippen LogP contribution is 2.08. The molecular formula is C11H11NO. The molecule has 0 saturated heterocycles. The molecule has 0 aliphatic carbocycles. The number of rotatable bonds is 0. The fourth-order valence-corrected chi connectivity index (χ4v) is 0.999. The molecule has 0 aliphatic heterocycles. The number of aryl methyl sites for hydroxylation is 2. The summed E-state index contributed by atoms with van der Waals surface area (Å²) < 4.78 is 0. The van der Waals surface area contributed by atoms with Crippen LogP contribution in [0.15, 0.2) is 18.2 Å². The second-order valence-corrected chi connectivity index (χ2v) is 2.93. The largest absolute Gasteiger partial charge is 0.359 e. The van der Waals surface area contributed by atoms with Crippen molar-refractivity contribution in [2.75, 3.05) is 0 Å². The van der Waals surface area contributed by atoms with Crippen molar-refractivity contribution in [3.63, 3.8) is 0 Å². The van der Waals surface area contributed by atoms with E-state index in [1.54, 1.807) is 0 Å². The molecule has 2 N–H and O–H groups in total. The third-order valence-corrected chi connectivity index (χ3v) is 1.71. The third-order valence-electron chi connectivity index (χ3n) is 1.71. The highest BCUT2D eigenvalue weighted by molar-refractivity contribution is 5.92. The van der Waals surface area contributed by atoms with Gasteiger partial charge in [-0.2, -0.15) is 0 Å². The number of amides is 1. The summed E-state index contributed by atoms with van der Waals surface area (Å²) in [7, 11) is 0. The summed E-state index contributed by atoms with van der Waals surface area (Å²) in [6, 6.07) is 5.91. The quantitative estimate of drug-likeness (QED) is 0.587. The van der Waals surface area contributed by atoms with Gasteiger partial charge in [0.2, 0.25) is 0 Å². The van der Waals surface area contributed by atoms with Gasteiger partial charge in [-0.3, -0.25) is 4.79 Å². The van der Waals surface area contributed by atoms with Gasteiger partial charge >= 0.3 is 0 Å². The van der Waals surface area contributed by atoms with E-state index >= 15 is 0 Å². The first-order valence-electron chi connectivity index (χ1n) is 3.98. The summed E-state index contributed by atoms with van der Waals surface area (Å²) in [5, 5.41) is 0. The number of hydrogen-bond acceptors (Lipinski definition) is 1. The smallest absolute Gasteiger partial charge is 0.293 e. The zero-order valence-corrected chi connectivity index (χ0v) is 7.72. The first-order chi connectivity index (χ1) is 6.09. The Labute approximate surface area is 77.8 Å². The van der Waals surface area contributed by atoms with Gasteiger partial charge in [0.15, 0.2) is 0 Å². The molecule has 1 aromatic rings. The Hall–Kier alpha value is -1.75. The van der Waals surface area contributed by atoms with Gasteiger partial charge in [-0.15, -0.1) is 0 Å². The van der Waals surface area contributed by atoms with Crippen molar-refractivity contribution in [2.45, 2.75) is 13.8 Å². The van der Waals surface area contributed by atoms with Crippen LogP contribution in [0.1, 0.15) is 16.7 Å². The number of benzene rings is 1. The number of nitrogens with two attached hydrogens (primary N) is 1. The van der Waals surface area contributed by atoms with Gasteiger partial charge in [-0.25, -0.2) is 0 Å². The van der Waals surface area contributed by atoms with E-state index in [1.165, 1.54) is 0 Å². The lowest BCUT2D eigenvalue weighted by Gasteiger charge is -1.98. The summed E-state index contributed by atoms with van der Waals surface area (Å²) in [6.07, 6.45) is 0. The van der Waals surface area contributed by atoms with E-state index in [2.05, 4.69) is 11.8 Å². The van der Waals surface area contributed by atoms with Gasteiger partial charge in [0.25, 0.3) is 5.91 Å². The number of hydrogen-bond donors (Lipinski definition) is 1. The van der Waals surface area contributed by atoms with Crippen LogP contribution in [0.2, 0.25) is 0 Å². The monoisotopic (exact) mass is 173 g/mol. The average Bonchev–Trinajstić information content (AvgIpc) is 2.06. The van der Waals surface area contributed by atoms with Gasteiger partial charge in [0.05, 0.1) is 0 Å². The third kappa shape index (κ3) is 2.64. The Balaban J connectivity index is 3.09. The van der Waals surface area contributed by atoms with Gasteiger partial charge < -0.3 is 5.73 Å². The molecule has 66 valence electrons. The van der Waals surface area contributed by atoms with E-state index in [0.29, 0.717) is 0 Å². The van der Waals surface area contributed by atoms with E-state index in [9.17, 15) is 4.79 Å². The molecule has 0 radical (unpaired) electrons. The predicted octanol–water partition coefficient (Wildman–Crippen LogP) is 1.14. The van der Waals surface area contributed by atoms with Gasteiger partial charge in [-0.1, -0.05) is 18.1 Å². The second kappa shape index (κ2) is 3.77. The number of carbonyl (C=O) groups is 1. The van der Waals surface area contributed by atoms with Crippen molar-refractivity contribution in [1.82, 2.24) is 0 Å². The highest BCUT2D eigenvalue weighted by Gasteiger charge is 1.94. The molecule has 0 aromatic heterocycles. The summed E-state index contributed by atoms with van der Waals surface area (Å²) in [6.45, 7) is 3.93. The van der Waals surface area contributed by atoms with E-state index in [4.69, 9.17) is 5.73 Å². The second-order valence-electron chi connectivity index (χ2n) is 2.93. The Bertz CT molecular complexity index is 396. The molecule has 0 atom stereocenters. The highest BCUT2D eigenvalue weighted by atomic mass is 16.1. The maximum Gasteiger partial charge on any atom is 0.293 e. The maximum absolute atomic E-state index is 10.4. The fourth-order valence-electron chi connectivity index (χ4n) is 0.999. The van der Waals surface area contributed by atoms with E-state index in [1.807, 2.05) is 32.0 Å². The molecule has 13 heavy (non-hydrogen) atoms. The van der Waals surface area contributed by atoms with Crippen molar-refractivity contribution in [1.29, 1.82) is 0 Å². The maximum atomic E-state index is 10.4. The molecule has 0 unspecified atom stereocenters.